The molecule has 0 atom stereocenters. The Morgan fingerprint density at radius 2 is 2.08 bits per heavy atom. The zero-order valence-electron chi connectivity index (χ0n) is 12.5. The van der Waals surface area contributed by atoms with Crippen molar-refractivity contribution in [3.8, 4) is 5.75 Å². The van der Waals surface area contributed by atoms with Gasteiger partial charge in [-0.15, -0.1) is 11.3 Å². The van der Waals surface area contributed by atoms with Gasteiger partial charge in [0.25, 0.3) is 0 Å². The predicted molar refractivity (Wildman–Crippen MR) is 107 cm³/mol. The number of thiazole rings is 1. The van der Waals surface area contributed by atoms with E-state index in [9.17, 15) is 4.79 Å². The van der Waals surface area contributed by atoms with Crippen LogP contribution in [0.2, 0.25) is 0 Å². The summed E-state index contributed by atoms with van der Waals surface area (Å²) in [5.74, 6) is 0.863. The molecule has 24 heavy (non-hydrogen) atoms. The van der Waals surface area contributed by atoms with E-state index in [2.05, 4.69) is 42.2 Å². The Kier molecular flexibility index (Phi) is 5.80. The summed E-state index contributed by atoms with van der Waals surface area (Å²) in [4.78, 5) is 16.7. The molecule has 0 aliphatic heterocycles. The Morgan fingerprint density at radius 3 is 2.83 bits per heavy atom. The van der Waals surface area contributed by atoms with E-state index in [4.69, 9.17) is 4.74 Å². The lowest BCUT2D eigenvalue weighted by Crippen LogP contribution is -2.14. The third-order valence-electron chi connectivity index (χ3n) is 3.12. The van der Waals surface area contributed by atoms with Crippen LogP contribution in [0, 0.1) is 0 Å². The number of methoxy groups -OCH3 is 1. The molecule has 0 aliphatic rings. The summed E-state index contributed by atoms with van der Waals surface area (Å²) in [6, 6.07) is 11.6. The van der Waals surface area contributed by atoms with Gasteiger partial charge >= 0.3 is 0 Å². The molecule has 2 aromatic carbocycles. The molecule has 0 aliphatic carbocycles. The van der Waals surface area contributed by atoms with Crippen LogP contribution < -0.4 is 10.1 Å². The van der Waals surface area contributed by atoms with E-state index < -0.39 is 0 Å². The van der Waals surface area contributed by atoms with Crippen LogP contribution in [0.25, 0.3) is 10.2 Å². The number of benzene rings is 2. The Hall–Kier alpha value is -1.09. The number of anilines is 1. The van der Waals surface area contributed by atoms with Gasteiger partial charge in [0.1, 0.15) is 5.75 Å². The molecule has 0 spiro atoms. The number of amides is 1. The lowest BCUT2D eigenvalue weighted by Gasteiger charge is -2.10. The number of nitrogens with zero attached hydrogens (tertiary/aromatic N) is 1. The van der Waals surface area contributed by atoms with E-state index in [0.29, 0.717) is 17.2 Å². The van der Waals surface area contributed by atoms with Crippen molar-refractivity contribution in [1.29, 1.82) is 0 Å². The molecule has 3 rings (SSSR count). The van der Waals surface area contributed by atoms with Crippen molar-refractivity contribution in [3.05, 3.63) is 45.3 Å². The van der Waals surface area contributed by atoms with Crippen LogP contribution in [0.1, 0.15) is 0 Å². The lowest BCUT2D eigenvalue weighted by molar-refractivity contribution is -0.113. The van der Waals surface area contributed by atoms with Crippen LogP contribution >= 0.6 is 55.0 Å². The largest absolute Gasteiger partial charge is 0.495 e. The molecule has 8 heteroatoms. The smallest absolute Gasteiger partial charge is 0.234 e. The average Bonchev–Trinajstić information content (AvgIpc) is 2.98. The third kappa shape index (κ3) is 4.11. The van der Waals surface area contributed by atoms with E-state index in [1.54, 1.807) is 24.5 Å². The summed E-state index contributed by atoms with van der Waals surface area (Å²) >= 11 is 9.87. The first kappa shape index (κ1) is 17.7. The molecule has 4 nitrogen and oxygen atoms in total. The summed E-state index contributed by atoms with van der Waals surface area (Å²) in [6.45, 7) is 0. The van der Waals surface area contributed by atoms with Crippen molar-refractivity contribution < 1.29 is 9.53 Å². The molecule has 1 N–H and O–H groups in total. The fraction of sp³-hybridized carbons (Fsp3) is 0.125. The molecule has 1 heterocycles. The van der Waals surface area contributed by atoms with Crippen LogP contribution in [-0.2, 0) is 4.79 Å². The van der Waals surface area contributed by atoms with Gasteiger partial charge in [-0.3, -0.25) is 4.79 Å². The Balaban J connectivity index is 1.65. The van der Waals surface area contributed by atoms with Gasteiger partial charge in [-0.25, -0.2) is 4.98 Å². The molecule has 1 aromatic heterocycles. The van der Waals surface area contributed by atoms with Crippen LogP contribution in [0.3, 0.4) is 0 Å². The molecule has 0 fully saturated rings. The van der Waals surface area contributed by atoms with Gasteiger partial charge in [0.05, 0.1) is 33.2 Å². The second-order valence-corrected chi connectivity index (χ2v) is 8.71. The predicted octanol–water partition coefficient (Wildman–Crippen LogP) is 5.56. The molecule has 0 unspecified atom stereocenters. The number of fused-ring (bicyclic) bond motifs is 1. The normalized spacial score (nSPS) is 10.8. The van der Waals surface area contributed by atoms with E-state index in [0.717, 1.165) is 23.5 Å². The molecular weight excluding hydrogens is 476 g/mol. The topological polar surface area (TPSA) is 51.2 Å². The summed E-state index contributed by atoms with van der Waals surface area (Å²) in [5, 5.41) is 2.89. The molecular formula is C16H12Br2N2O2S2. The molecule has 0 saturated heterocycles. The van der Waals surface area contributed by atoms with E-state index >= 15 is 0 Å². The molecule has 0 saturated carbocycles. The number of thioether (sulfide) groups is 1. The molecule has 124 valence electrons. The maximum Gasteiger partial charge on any atom is 0.234 e. The third-order valence-corrected chi connectivity index (χ3v) is 6.57. The number of hydrogen-bond donors (Lipinski definition) is 1. The number of ether oxygens (including phenoxy) is 1. The number of para-hydroxylation sites is 1. The fourth-order valence-electron chi connectivity index (χ4n) is 2.01. The number of rotatable bonds is 5. The Morgan fingerprint density at radius 1 is 1.29 bits per heavy atom. The van der Waals surface area contributed by atoms with Crippen LogP contribution in [0.5, 0.6) is 5.75 Å². The van der Waals surface area contributed by atoms with E-state index in [1.165, 1.54) is 11.8 Å². The maximum atomic E-state index is 12.2. The minimum atomic E-state index is -0.0932. The quantitative estimate of drug-likeness (QED) is 0.478. The zero-order valence-corrected chi connectivity index (χ0v) is 17.3. The highest BCUT2D eigenvalue weighted by atomic mass is 79.9. The lowest BCUT2D eigenvalue weighted by atomic mass is 10.3. The highest BCUT2D eigenvalue weighted by Crippen LogP contribution is 2.35. The Bertz CT molecular complexity index is 866. The van der Waals surface area contributed by atoms with Crippen molar-refractivity contribution in [2.75, 3.05) is 18.2 Å². The molecule has 1 amide bonds. The number of halogens is 2. The summed E-state index contributed by atoms with van der Waals surface area (Å²) in [6.07, 6.45) is 0. The zero-order chi connectivity index (χ0) is 17.1. The van der Waals surface area contributed by atoms with Crippen LogP contribution in [-0.4, -0.2) is 23.8 Å². The summed E-state index contributed by atoms with van der Waals surface area (Å²) in [5.41, 5.74) is 1.63. The first-order valence-corrected chi connectivity index (χ1v) is 10.3. The van der Waals surface area contributed by atoms with Crippen molar-refractivity contribution in [2.24, 2.45) is 0 Å². The highest BCUT2D eigenvalue weighted by Gasteiger charge is 2.12. The standard InChI is InChI=1S/C16H12Br2N2O2S2/c1-22-13-7-12(9(17)6-10(13)18)19-15(21)8-23-16-20-11-4-2-3-5-14(11)24-16/h2-7H,8H2,1H3,(H,19,21). The first-order valence-electron chi connectivity index (χ1n) is 6.88. The van der Waals surface area contributed by atoms with Gasteiger partial charge in [-0.1, -0.05) is 23.9 Å². The molecule has 0 bridgehead atoms. The van der Waals surface area contributed by atoms with Gasteiger partial charge in [0.15, 0.2) is 4.34 Å². The summed E-state index contributed by atoms with van der Waals surface area (Å²) < 4.78 is 8.87. The average molecular weight is 488 g/mol. The maximum absolute atomic E-state index is 12.2. The van der Waals surface area contributed by atoms with Gasteiger partial charge in [0, 0.05) is 10.5 Å². The number of hydrogen-bond acceptors (Lipinski definition) is 5. The van der Waals surface area contributed by atoms with Gasteiger partial charge in [0.2, 0.25) is 5.91 Å². The summed E-state index contributed by atoms with van der Waals surface area (Å²) in [7, 11) is 1.59. The number of aromatic nitrogens is 1. The van der Waals surface area contributed by atoms with E-state index in [-0.39, 0.29) is 5.91 Å². The van der Waals surface area contributed by atoms with Crippen molar-refractivity contribution >= 4 is 76.8 Å². The van der Waals surface area contributed by atoms with Gasteiger partial charge in [-0.05, 0) is 50.1 Å². The SMILES string of the molecule is COc1cc(NC(=O)CSc2nc3ccccc3s2)c(Br)cc1Br. The minimum Gasteiger partial charge on any atom is -0.495 e. The monoisotopic (exact) mass is 486 g/mol. The Labute approximate surface area is 164 Å². The highest BCUT2D eigenvalue weighted by molar-refractivity contribution is 9.11. The molecule has 3 aromatic rings. The second-order valence-electron chi connectivity index (χ2n) is 4.75. The second kappa shape index (κ2) is 7.86. The van der Waals surface area contributed by atoms with Crippen LogP contribution in [0.15, 0.2) is 49.7 Å². The number of carbonyl (C=O) groups is 1. The van der Waals surface area contributed by atoms with Gasteiger partial charge in [-0.2, -0.15) is 0 Å². The van der Waals surface area contributed by atoms with Crippen molar-refractivity contribution in [1.82, 2.24) is 4.98 Å². The van der Waals surface area contributed by atoms with Crippen molar-refractivity contribution in [3.63, 3.8) is 0 Å². The minimum absolute atomic E-state index is 0.0932. The van der Waals surface area contributed by atoms with Crippen LogP contribution in [0.4, 0.5) is 5.69 Å². The van der Waals surface area contributed by atoms with Crippen molar-refractivity contribution in [2.45, 2.75) is 4.34 Å². The van der Waals surface area contributed by atoms with Gasteiger partial charge < -0.3 is 10.1 Å². The first-order chi connectivity index (χ1) is 11.6. The number of nitrogens with one attached hydrogen (secondary N) is 1. The van der Waals surface area contributed by atoms with E-state index in [1.807, 2.05) is 30.3 Å². The molecule has 0 radical (unpaired) electrons. The number of carbonyl (C=O) groups excluding carboxylic acids is 1. The fourth-order valence-corrected chi connectivity index (χ4v) is 5.13.